The van der Waals surface area contributed by atoms with Crippen LogP contribution in [0.2, 0.25) is 0 Å². The second kappa shape index (κ2) is 13.4. The minimum atomic E-state index is -0.502. The fourth-order valence-corrected chi connectivity index (χ4v) is 5.84. The van der Waals surface area contributed by atoms with Gasteiger partial charge in [-0.3, -0.25) is 9.59 Å². The number of carbonyl (C=O) groups is 2. The lowest BCUT2D eigenvalue weighted by atomic mass is 9.76. The van der Waals surface area contributed by atoms with E-state index in [9.17, 15) is 9.59 Å². The Morgan fingerprint density at radius 3 is 1.41 bits per heavy atom. The minimum Gasteiger partial charge on any atom is -0.274 e. The molecule has 1 unspecified atom stereocenters. The topological polar surface area (TPSA) is 37.4 Å². The van der Waals surface area contributed by atoms with Gasteiger partial charge < -0.3 is 0 Å². The lowest BCUT2D eigenvalue weighted by Gasteiger charge is -2.29. The van der Waals surface area contributed by atoms with Crippen molar-refractivity contribution in [2.24, 2.45) is 5.41 Å². The van der Waals surface area contributed by atoms with Crippen molar-refractivity contribution < 1.29 is 9.59 Å². The summed E-state index contributed by atoms with van der Waals surface area (Å²) >= 11 is 0. The number of carbonyl (C=O) groups excluding carboxylic acids is 2. The Hall–Kier alpha value is -1.64. The lowest BCUT2D eigenvalue weighted by Crippen LogP contribution is -2.37. The van der Waals surface area contributed by atoms with Crippen LogP contribution in [0.1, 0.15) is 138 Å². The van der Waals surface area contributed by atoms with E-state index in [1.807, 2.05) is 0 Å². The molecule has 0 bridgehead atoms. The Balaban J connectivity index is 2.24. The first kappa shape index (κ1) is 28.6. The summed E-state index contributed by atoms with van der Waals surface area (Å²) in [5.74, 6) is 0.0863. The predicted molar refractivity (Wildman–Crippen MR) is 146 cm³/mol. The first-order valence-electron chi connectivity index (χ1n) is 14.2. The number of unbranched alkanes of at least 4 members (excludes halogenated alkanes) is 10. The number of hydrogen-bond acceptors (Lipinski definition) is 2. The fraction of sp³-hybridized carbons (Fsp3) is 0.742. The van der Waals surface area contributed by atoms with E-state index in [0.717, 1.165) is 48.9 Å². The quantitative estimate of drug-likeness (QED) is 0.190. The zero-order valence-corrected chi connectivity index (χ0v) is 23.4. The van der Waals surface area contributed by atoms with Crippen LogP contribution >= 0.6 is 0 Å². The van der Waals surface area contributed by atoms with Crippen LogP contribution in [0.15, 0.2) is 0 Å². The van der Waals surface area contributed by atoms with Crippen molar-refractivity contribution in [3.8, 4) is 0 Å². The van der Waals surface area contributed by atoms with Crippen LogP contribution in [0.5, 0.6) is 0 Å². The van der Waals surface area contributed by atoms with Crippen LogP contribution < -0.4 is 4.90 Å². The Kier molecular flexibility index (Phi) is 11.3. The Morgan fingerprint density at radius 1 is 0.588 bits per heavy atom. The Bertz CT molecular complexity index is 811. The summed E-state index contributed by atoms with van der Waals surface area (Å²) < 4.78 is 0. The summed E-state index contributed by atoms with van der Waals surface area (Å²) in [6.07, 6.45) is 16.7. The van der Waals surface area contributed by atoms with Crippen LogP contribution in [0.4, 0.5) is 5.69 Å². The van der Waals surface area contributed by atoms with Crippen LogP contribution in [-0.4, -0.2) is 11.8 Å². The molecule has 0 N–H and O–H groups in total. The average molecular weight is 470 g/mol. The largest absolute Gasteiger partial charge is 0.274 e. The molecule has 1 saturated heterocycles. The molecule has 192 valence electrons. The molecule has 2 rings (SSSR count). The van der Waals surface area contributed by atoms with Crippen molar-refractivity contribution in [2.45, 2.75) is 145 Å². The van der Waals surface area contributed by atoms with Crippen LogP contribution in [-0.2, 0) is 9.59 Å². The van der Waals surface area contributed by atoms with E-state index in [2.05, 4.69) is 48.5 Å². The third kappa shape index (κ3) is 6.52. The molecule has 0 aliphatic carbocycles. The van der Waals surface area contributed by atoms with Crippen molar-refractivity contribution in [3.05, 3.63) is 27.8 Å². The van der Waals surface area contributed by atoms with E-state index in [-0.39, 0.29) is 11.8 Å². The van der Waals surface area contributed by atoms with E-state index < -0.39 is 5.41 Å². The van der Waals surface area contributed by atoms with Gasteiger partial charge in [0.1, 0.15) is 0 Å². The van der Waals surface area contributed by atoms with Gasteiger partial charge in [-0.25, -0.2) is 4.90 Å². The standard InChI is InChI=1S/C31H51NO2/c1-8-10-12-14-15-17-19-21-31(20-18-16-13-11-9-2)22-28(33)32(30(31)34)29-26(6)24(4)23(3)25(5)27(29)7/h8-22H2,1-7H3. The molecule has 0 saturated carbocycles. The highest BCUT2D eigenvalue weighted by atomic mass is 16.2. The summed E-state index contributed by atoms with van der Waals surface area (Å²) in [4.78, 5) is 29.1. The maximum Gasteiger partial charge on any atom is 0.240 e. The van der Waals surface area contributed by atoms with Gasteiger partial charge in [-0.2, -0.15) is 0 Å². The molecule has 34 heavy (non-hydrogen) atoms. The molecule has 1 fully saturated rings. The molecular formula is C31H51NO2. The molecule has 3 nitrogen and oxygen atoms in total. The first-order valence-corrected chi connectivity index (χ1v) is 14.2. The Labute approximate surface area is 210 Å². The summed E-state index contributed by atoms with van der Waals surface area (Å²) in [5.41, 5.74) is 6.18. The number of imide groups is 1. The SMILES string of the molecule is CCCCCCCCCC1(CCCCCCC)CC(=O)N(c2c(C)c(C)c(C)c(C)c2C)C1=O. The molecule has 1 aromatic carbocycles. The van der Waals surface area contributed by atoms with Gasteiger partial charge in [0.25, 0.3) is 0 Å². The molecule has 0 spiro atoms. The van der Waals surface area contributed by atoms with Gasteiger partial charge in [-0.15, -0.1) is 0 Å². The first-order chi connectivity index (χ1) is 16.2. The highest BCUT2D eigenvalue weighted by molar-refractivity contribution is 6.23. The molecule has 1 atom stereocenters. The molecule has 0 radical (unpaired) electrons. The zero-order valence-electron chi connectivity index (χ0n) is 23.4. The number of rotatable bonds is 15. The van der Waals surface area contributed by atoms with Gasteiger partial charge in [0.05, 0.1) is 11.1 Å². The molecule has 1 aromatic rings. The highest BCUT2D eigenvalue weighted by Gasteiger charge is 2.51. The van der Waals surface area contributed by atoms with E-state index in [0.29, 0.717) is 6.42 Å². The number of nitrogens with zero attached hydrogens (tertiary/aromatic N) is 1. The predicted octanol–water partition coefficient (Wildman–Crippen LogP) is 8.98. The number of anilines is 1. The van der Waals surface area contributed by atoms with E-state index in [4.69, 9.17) is 0 Å². The summed E-state index contributed by atoms with van der Waals surface area (Å²) in [5, 5.41) is 0. The third-order valence-electron chi connectivity index (χ3n) is 8.60. The van der Waals surface area contributed by atoms with Crippen molar-refractivity contribution in [2.75, 3.05) is 4.90 Å². The average Bonchev–Trinajstić information content (AvgIpc) is 3.05. The summed E-state index contributed by atoms with van der Waals surface area (Å²) in [6.45, 7) is 15.0. The van der Waals surface area contributed by atoms with Crippen molar-refractivity contribution in [1.82, 2.24) is 0 Å². The summed E-state index contributed by atoms with van der Waals surface area (Å²) in [7, 11) is 0. The summed E-state index contributed by atoms with van der Waals surface area (Å²) in [6, 6.07) is 0. The maximum atomic E-state index is 14.1. The number of benzene rings is 1. The molecule has 1 heterocycles. The van der Waals surface area contributed by atoms with Gasteiger partial charge in [0, 0.05) is 6.42 Å². The fourth-order valence-electron chi connectivity index (χ4n) is 5.84. The molecule has 1 aliphatic heterocycles. The molecule has 1 aliphatic rings. The molecule has 0 aromatic heterocycles. The molecule has 3 heteroatoms. The molecule has 2 amide bonds. The minimum absolute atomic E-state index is 0.00959. The van der Waals surface area contributed by atoms with Crippen molar-refractivity contribution in [1.29, 1.82) is 0 Å². The Morgan fingerprint density at radius 2 is 0.971 bits per heavy atom. The lowest BCUT2D eigenvalue weighted by molar-refractivity contribution is -0.126. The van der Waals surface area contributed by atoms with Crippen molar-refractivity contribution in [3.63, 3.8) is 0 Å². The van der Waals surface area contributed by atoms with Gasteiger partial charge in [0.15, 0.2) is 0 Å². The van der Waals surface area contributed by atoms with Crippen molar-refractivity contribution >= 4 is 17.5 Å². The number of hydrogen-bond donors (Lipinski definition) is 0. The van der Waals surface area contributed by atoms with Gasteiger partial charge in [-0.05, 0) is 75.3 Å². The second-order valence-electron chi connectivity index (χ2n) is 11.0. The molecular weight excluding hydrogens is 418 g/mol. The van der Waals surface area contributed by atoms with Crippen LogP contribution in [0.25, 0.3) is 0 Å². The van der Waals surface area contributed by atoms with Gasteiger partial charge in [0.2, 0.25) is 11.8 Å². The van der Waals surface area contributed by atoms with Gasteiger partial charge >= 0.3 is 0 Å². The smallest absolute Gasteiger partial charge is 0.240 e. The zero-order chi connectivity index (χ0) is 25.3. The number of amides is 2. The maximum absolute atomic E-state index is 14.1. The van der Waals surface area contributed by atoms with E-state index in [1.165, 1.54) is 74.5 Å². The monoisotopic (exact) mass is 469 g/mol. The normalized spacial score (nSPS) is 18.4. The highest BCUT2D eigenvalue weighted by Crippen LogP contribution is 2.46. The van der Waals surface area contributed by atoms with Crippen LogP contribution in [0, 0.1) is 40.0 Å². The van der Waals surface area contributed by atoms with E-state index in [1.54, 1.807) is 4.90 Å². The van der Waals surface area contributed by atoms with E-state index >= 15 is 0 Å². The third-order valence-corrected chi connectivity index (χ3v) is 8.60. The van der Waals surface area contributed by atoms with Gasteiger partial charge in [-0.1, -0.05) is 90.9 Å². The second-order valence-corrected chi connectivity index (χ2v) is 11.0. The van der Waals surface area contributed by atoms with Crippen LogP contribution in [0.3, 0.4) is 0 Å².